The zero-order valence-corrected chi connectivity index (χ0v) is 17.4. The molecular weight excluding hydrogens is 400 g/mol. The van der Waals surface area contributed by atoms with Crippen molar-refractivity contribution in [2.45, 2.75) is 50.5 Å². The molecule has 0 aliphatic carbocycles. The molecule has 4 nitrogen and oxygen atoms in total. The number of piperidine rings is 1. The van der Waals surface area contributed by atoms with E-state index in [2.05, 4.69) is 41.2 Å². The maximum atomic E-state index is 12.1. The first-order valence-electron chi connectivity index (χ1n) is 8.90. The van der Waals surface area contributed by atoms with Crippen LogP contribution < -0.4 is 5.32 Å². The molecule has 0 aromatic heterocycles. The Kier molecular flexibility index (Phi) is 8.30. The highest BCUT2D eigenvalue weighted by atomic mass is 79.9. The van der Waals surface area contributed by atoms with Crippen molar-refractivity contribution in [2.24, 2.45) is 5.92 Å². The Bertz CT molecular complexity index is 587. The quantitative estimate of drug-likeness (QED) is 0.667. The van der Waals surface area contributed by atoms with E-state index in [-0.39, 0.29) is 17.9 Å². The number of halogens is 1. The van der Waals surface area contributed by atoms with Crippen molar-refractivity contribution >= 4 is 39.5 Å². The number of nitrogens with zero attached hydrogens (tertiary/aromatic N) is 1. The van der Waals surface area contributed by atoms with Crippen LogP contribution >= 0.6 is 27.7 Å². The van der Waals surface area contributed by atoms with Gasteiger partial charge >= 0.3 is 0 Å². The van der Waals surface area contributed by atoms with Crippen molar-refractivity contribution < 1.29 is 9.59 Å². The predicted molar refractivity (Wildman–Crippen MR) is 107 cm³/mol. The lowest BCUT2D eigenvalue weighted by Crippen LogP contribution is -2.46. The average molecular weight is 427 g/mol. The fourth-order valence-electron chi connectivity index (χ4n) is 2.87. The van der Waals surface area contributed by atoms with Gasteiger partial charge in [0.05, 0.1) is 0 Å². The number of benzene rings is 1. The Labute approximate surface area is 163 Å². The average Bonchev–Trinajstić information content (AvgIpc) is 2.56. The van der Waals surface area contributed by atoms with Crippen molar-refractivity contribution in [3.8, 4) is 0 Å². The van der Waals surface area contributed by atoms with Gasteiger partial charge in [-0.3, -0.25) is 9.59 Å². The summed E-state index contributed by atoms with van der Waals surface area (Å²) < 4.78 is 1.07. The molecular formula is C19H27BrN2O2S. The van der Waals surface area contributed by atoms with Gasteiger partial charge in [-0.1, -0.05) is 26.0 Å². The molecule has 1 aromatic carbocycles. The molecule has 0 saturated carbocycles. The van der Waals surface area contributed by atoms with Gasteiger partial charge in [-0.2, -0.15) is 0 Å². The Morgan fingerprint density at radius 3 is 2.60 bits per heavy atom. The molecule has 1 aliphatic heterocycles. The molecule has 0 atom stereocenters. The maximum absolute atomic E-state index is 12.1. The molecule has 1 saturated heterocycles. The third kappa shape index (κ3) is 7.02. The summed E-state index contributed by atoms with van der Waals surface area (Å²) in [5.74, 6) is 1.50. The highest BCUT2D eigenvalue weighted by molar-refractivity contribution is 9.10. The number of rotatable bonds is 7. The second-order valence-electron chi connectivity index (χ2n) is 6.85. The molecule has 2 rings (SSSR count). The lowest BCUT2D eigenvalue weighted by atomic mass is 10.0. The summed E-state index contributed by atoms with van der Waals surface area (Å²) >= 11 is 5.21. The molecule has 0 bridgehead atoms. The van der Waals surface area contributed by atoms with Crippen molar-refractivity contribution in [2.75, 3.05) is 18.8 Å². The Morgan fingerprint density at radius 1 is 1.28 bits per heavy atom. The van der Waals surface area contributed by atoms with E-state index < -0.39 is 0 Å². The number of nitrogens with one attached hydrogen (secondary N) is 1. The molecule has 1 heterocycles. The second-order valence-corrected chi connectivity index (χ2v) is 8.84. The van der Waals surface area contributed by atoms with Gasteiger partial charge < -0.3 is 10.2 Å². The number of hydrogen-bond acceptors (Lipinski definition) is 3. The summed E-state index contributed by atoms with van der Waals surface area (Å²) in [7, 11) is 0. The van der Waals surface area contributed by atoms with Gasteiger partial charge in [-0.25, -0.2) is 0 Å². The maximum Gasteiger partial charge on any atom is 0.222 e. The van der Waals surface area contributed by atoms with Gasteiger partial charge in [0.2, 0.25) is 11.8 Å². The van der Waals surface area contributed by atoms with Crippen LogP contribution in [-0.4, -0.2) is 41.6 Å². The third-order valence-electron chi connectivity index (χ3n) is 4.22. The van der Waals surface area contributed by atoms with Gasteiger partial charge in [-0.05, 0) is 46.8 Å². The lowest BCUT2D eigenvalue weighted by molar-refractivity contribution is -0.133. The molecule has 0 unspecified atom stereocenters. The predicted octanol–water partition coefficient (Wildman–Crippen LogP) is 4.08. The normalized spacial score (nSPS) is 15.4. The van der Waals surface area contributed by atoms with Crippen LogP contribution in [0.3, 0.4) is 0 Å². The number of carbonyl (C=O) groups excluding carboxylic acids is 2. The SMILES string of the molecule is CC(C)CC(=O)N1CCC(NC(=O)CCSc2ccccc2Br)CC1. The van der Waals surface area contributed by atoms with Crippen LogP contribution in [0.1, 0.15) is 39.5 Å². The van der Waals surface area contributed by atoms with Gasteiger partial charge in [-0.15, -0.1) is 11.8 Å². The molecule has 1 aliphatic rings. The summed E-state index contributed by atoms with van der Waals surface area (Å²) in [6.45, 7) is 5.64. The van der Waals surface area contributed by atoms with E-state index in [1.54, 1.807) is 11.8 Å². The summed E-state index contributed by atoms with van der Waals surface area (Å²) in [5.41, 5.74) is 0. The first-order chi connectivity index (χ1) is 12.0. The zero-order valence-electron chi connectivity index (χ0n) is 15.0. The number of hydrogen-bond donors (Lipinski definition) is 1. The fourth-order valence-corrected chi connectivity index (χ4v) is 4.38. The Morgan fingerprint density at radius 2 is 1.96 bits per heavy atom. The van der Waals surface area contributed by atoms with Crippen LogP contribution in [0.4, 0.5) is 0 Å². The topological polar surface area (TPSA) is 49.4 Å². The van der Waals surface area contributed by atoms with Crippen LogP contribution in [-0.2, 0) is 9.59 Å². The smallest absolute Gasteiger partial charge is 0.222 e. The van der Waals surface area contributed by atoms with Gasteiger partial charge in [0, 0.05) is 47.1 Å². The Balaban J connectivity index is 1.65. The first kappa shape index (κ1) is 20.3. The van der Waals surface area contributed by atoms with Crippen LogP contribution in [0.25, 0.3) is 0 Å². The molecule has 138 valence electrons. The zero-order chi connectivity index (χ0) is 18.2. The highest BCUT2D eigenvalue weighted by Crippen LogP contribution is 2.27. The Hall–Kier alpha value is -1.01. The van der Waals surface area contributed by atoms with E-state index in [1.807, 2.05) is 23.1 Å². The summed E-state index contributed by atoms with van der Waals surface area (Å²) in [4.78, 5) is 27.3. The van der Waals surface area contributed by atoms with E-state index in [0.29, 0.717) is 18.8 Å². The molecule has 6 heteroatoms. The van der Waals surface area contributed by atoms with Crippen molar-refractivity contribution in [1.82, 2.24) is 10.2 Å². The first-order valence-corrected chi connectivity index (χ1v) is 10.7. The van der Waals surface area contributed by atoms with E-state index in [0.717, 1.165) is 41.1 Å². The van der Waals surface area contributed by atoms with Crippen LogP contribution in [0.15, 0.2) is 33.6 Å². The lowest BCUT2D eigenvalue weighted by Gasteiger charge is -2.32. The van der Waals surface area contributed by atoms with Crippen LogP contribution in [0, 0.1) is 5.92 Å². The molecule has 0 spiro atoms. The van der Waals surface area contributed by atoms with Crippen molar-refractivity contribution in [1.29, 1.82) is 0 Å². The molecule has 25 heavy (non-hydrogen) atoms. The van der Waals surface area contributed by atoms with E-state index >= 15 is 0 Å². The highest BCUT2D eigenvalue weighted by Gasteiger charge is 2.23. The summed E-state index contributed by atoms with van der Waals surface area (Å²) in [6, 6.07) is 8.25. The largest absolute Gasteiger partial charge is 0.353 e. The van der Waals surface area contributed by atoms with Gasteiger partial charge in [0.1, 0.15) is 0 Å². The molecule has 0 radical (unpaired) electrons. The monoisotopic (exact) mass is 426 g/mol. The van der Waals surface area contributed by atoms with Gasteiger partial charge in [0.25, 0.3) is 0 Å². The van der Waals surface area contributed by atoms with E-state index in [4.69, 9.17) is 0 Å². The van der Waals surface area contributed by atoms with Crippen LogP contribution in [0.5, 0.6) is 0 Å². The standard InChI is InChI=1S/C19H27BrN2O2S/c1-14(2)13-19(24)22-10-7-15(8-11-22)21-18(23)9-12-25-17-6-4-3-5-16(17)20/h3-6,14-15H,7-13H2,1-2H3,(H,21,23). The van der Waals surface area contributed by atoms with Crippen molar-refractivity contribution in [3.05, 3.63) is 28.7 Å². The van der Waals surface area contributed by atoms with Gasteiger partial charge in [0.15, 0.2) is 0 Å². The molecule has 2 amide bonds. The molecule has 1 aromatic rings. The van der Waals surface area contributed by atoms with E-state index in [1.165, 1.54) is 0 Å². The third-order valence-corrected chi connectivity index (χ3v) is 6.25. The summed E-state index contributed by atoms with van der Waals surface area (Å²) in [6.07, 6.45) is 2.84. The summed E-state index contributed by atoms with van der Waals surface area (Å²) in [5, 5.41) is 3.12. The molecule has 1 fully saturated rings. The van der Waals surface area contributed by atoms with Crippen LogP contribution in [0.2, 0.25) is 0 Å². The minimum atomic E-state index is 0.103. The van der Waals surface area contributed by atoms with Crippen molar-refractivity contribution in [3.63, 3.8) is 0 Å². The number of carbonyl (C=O) groups is 2. The molecule has 1 N–H and O–H groups in total. The fraction of sp³-hybridized carbons (Fsp3) is 0.579. The second kappa shape index (κ2) is 10.2. The van der Waals surface area contributed by atoms with E-state index in [9.17, 15) is 9.59 Å². The minimum absolute atomic E-state index is 0.103. The number of amides is 2. The number of thioether (sulfide) groups is 1. The number of likely N-dealkylation sites (tertiary alicyclic amines) is 1. The minimum Gasteiger partial charge on any atom is -0.353 e.